The first-order valence-electron chi connectivity index (χ1n) is 19.4. The zero-order valence-electron chi connectivity index (χ0n) is 33.7. The van der Waals surface area contributed by atoms with E-state index < -0.39 is 86.9 Å². The minimum Gasteiger partial charge on any atom is -0.319 e. The number of nitrogens with zero attached hydrogens (tertiary/aromatic N) is 7. The quantitative estimate of drug-likeness (QED) is 0.0692. The highest BCUT2D eigenvalue weighted by Gasteiger charge is 2.67. The average molecular weight is 880 g/mol. The van der Waals surface area contributed by atoms with E-state index in [1.165, 1.54) is 6.26 Å². The number of hydrogen-bond donors (Lipinski definition) is 0. The summed E-state index contributed by atoms with van der Waals surface area (Å²) >= 11 is 6.77. The minimum atomic E-state index is -3.45. The van der Waals surface area contributed by atoms with Crippen LogP contribution in [0.5, 0.6) is 0 Å². The second kappa shape index (κ2) is 15.2. The van der Waals surface area contributed by atoms with Crippen molar-refractivity contribution < 1.29 is 35.3 Å². The lowest BCUT2D eigenvalue weighted by molar-refractivity contribution is -0.120. The van der Waals surface area contributed by atoms with Crippen molar-refractivity contribution >= 4 is 43.7 Å². The number of ketones is 1. The molecule has 1 saturated carbocycles. The van der Waals surface area contributed by atoms with Crippen molar-refractivity contribution in [3.8, 4) is 23.0 Å². The Hall–Kier alpha value is -5.40. The molecule has 2 aliphatic carbocycles. The summed E-state index contributed by atoms with van der Waals surface area (Å²) in [5.41, 5.74) is 0.270. The predicted octanol–water partition coefficient (Wildman–Crippen LogP) is 9.03. The Kier molecular flexibility index (Phi) is 10.5. The van der Waals surface area contributed by atoms with E-state index >= 15 is 8.78 Å². The Balaban J connectivity index is 1.29. The summed E-state index contributed by atoms with van der Waals surface area (Å²) in [7, 11) is -0.886. The number of halogens is 7. The molecule has 0 N–H and O–H groups in total. The van der Waals surface area contributed by atoms with Gasteiger partial charge in [-0.05, 0) is 96.7 Å². The fourth-order valence-electron chi connectivity index (χ4n) is 8.76. The molecule has 6 aromatic rings. The lowest BCUT2D eigenvalue weighted by Crippen LogP contribution is -2.24. The summed E-state index contributed by atoms with van der Waals surface area (Å²) in [5, 5.41) is 9.32. The smallest absolute Gasteiger partial charge is 0.293 e. The normalized spacial score (nSPS) is 18.1. The summed E-state index contributed by atoms with van der Waals surface area (Å²) in [6, 6.07) is 9.75. The fourth-order valence-corrected chi connectivity index (χ4v) is 9.80. The maximum absolute atomic E-state index is 15.5. The SMILES string of the molecule is C=S(C)(=O)Cc1nn(C)c2c(-c3ccc(C#CC(C)(C)n4ccnc4C)nc3[C@@H](CC(=O)Cn3nc(C(F)F)c4c3C(F)(F)[C@@H]3C[C@H]43)Cc3cc(F)cc(F)c3)ccc(Cl)c12. The molecule has 0 radical (unpaired) electrons. The van der Waals surface area contributed by atoms with Crippen LogP contribution in [0.3, 0.4) is 0 Å². The first kappa shape index (κ1) is 42.3. The van der Waals surface area contributed by atoms with Crippen LogP contribution in [-0.4, -0.2) is 56.2 Å². The highest BCUT2D eigenvalue weighted by molar-refractivity contribution is 7.98. The number of carbonyl (C=O) groups is 1. The lowest BCUT2D eigenvalue weighted by atomic mass is 9.86. The van der Waals surface area contributed by atoms with E-state index in [-0.39, 0.29) is 41.1 Å². The predicted molar refractivity (Wildman–Crippen MR) is 221 cm³/mol. The van der Waals surface area contributed by atoms with E-state index in [9.17, 15) is 26.6 Å². The second-order valence-corrected chi connectivity index (χ2v) is 19.7. The van der Waals surface area contributed by atoms with Crippen LogP contribution in [0.2, 0.25) is 5.02 Å². The number of aromatic nitrogens is 7. The zero-order chi connectivity index (χ0) is 43.9. The molecular weight excluding hydrogens is 840 g/mol. The number of benzene rings is 2. The zero-order valence-corrected chi connectivity index (χ0v) is 35.3. The molecule has 4 heterocycles. The molecule has 0 bridgehead atoms. The number of Topliss-reactive ketones (excluding diaryl/α,β-unsaturated/α-hetero) is 1. The first-order valence-corrected chi connectivity index (χ1v) is 22.0. The molecule has 0 spiro atoms. The van der Waals surface area contributed by atoms with E-state index in [1.807, 2.05) is 25.3 Å². The molecule has 9 nitrogen and oxygen atoms in total. The number of fused-ring (bicyclic) bond motifs is 4. The molecule has 0 saturated heterocycles. The van der Waals surface area contributed by atoms with E-state index in [1.54, 1.807) is 48.4 Å². The molecule has 318 valence electrons. The largest absolute Gasteiger partial charge is 0.319 e. The number of aryl methyl sites for hydroxylation is 2. The summed E-state index contributed by atoms with van der Waals surface area (Å²) in [6.07, 6.45) is 1.29. The molecular formula is C44H40ClF6N7O2S. The first-order chi connectivity index (χ1) is 28.6. The third-order valence-corrected chi connectivity index (χ3v) is 12.5. The second-order valence-electron chi connectivity index (χ2n) is 16.6. The highest BCUT2D eigenvalue weighted by atomic mass is 35.5. The van der Waals surface area contributed by atoms with Gasteiger partial charge < -0.3 is 4.57 Å². The Morgan fingerprint density at radius 1 is 1.08 bits per heavy atom. The molecule has 8 rings (SSSR count). The Morgan fingerprint density at radius 2 is 1.79 bits per heavy atom. The van der Waals surface area contributed by atoms with Crippen LogP contribution in [0.4, 0.5) is 26.3 Å². The van der Waals surface area contributed by atoms with Gasteiger partial charge in [0, 0.05) is 72.1 Å². The lowest BCUT2D eigenvalue weighted by Gasteiger charge is -2.22. The number of rotatable bonds is 12. The molecule has 0 amide bonds. The highest BCUT2D eigenvalue weighted by Crippen LogP contribution is 2.68. The van der Waals surface area contributed by atoms with Crippen LogP contribution >= 0.6 is 11.6 Å². The number of alkyl halides is 4. The van der Waals surface area contributed by atoms with Gasteiger partial charge in [0.1, 0.15) is 46.6 Å². The summed E-state index contributed by atoms with van der Waals surface area (Å²) in [6.45, 7) is 4.87. The van der Waals surface area contributed by atoms with Gasteiger partial charge >= 0.3 is 0 Å². The Morgan fingerprint density at radius 3 is 2.44 bits per heavy atom. The van der Waals surface area contributed by atoms with Gasteiger partial charge in [-0.25, -0.2) is 27.5 Å². The van der Waals surface area contributed by atoms with Gasteiger partial charge in [0.2, 0.25) is 0 Å². The molecule has 0 aliphatic heterocycles. The van der Waals surface area contributed by atoms with Crippen molar-refractivity contribution in [1.82, 2.24) is 34.1 Å². The van der Waals surface area contributed by atoms with Crippen LogP contribution < -0.4 is 0 Å². The van der Waals surface area contributed by atoms with Gasteiger partial charge in [0.15, 0.2) is 5.78 Å². The van der Waals surface area contributed by atoms with Gasteiger partial charge in [-0.2, -0.15) is 19.0 Å². The van der Waals surface area contributed by atoms with Crippen LogP contribution in [0.1, 0.15) is 90.4 Å². The number of hydrogen-bond acceptors (Lipinski definition) is 6. The summed E-state index contributed by atoms with van der Waals surface area (Å²) in [5.74, 6) is 2.18. The molecule has 1 unspecified atom stereocenters. The van der Waals surface area contributed by atoms with Gasteiger partial charge in [0.25, 0.3) is 12.3 Å². The van der Waals surface area contributed by atoms with E-state index in [2.05, 4.69) is 32.9 Å². The summed E-state index contributed by atoms with van der Waals surface area (Å²) in [4.78, 5) is 23.5. The summed E-state index contributed by atoms with van der Waals surface area (Å²) < 4.78 is 106. The van der Waals surface area contributed by atoms with E-state index in [0.29, 0.717) is 43.5 Å². The third-order valence-electron chi connectivity index (χ3n) is 11.3. The van der Waals surface area contributed by atoms with E-state index in [0.717, 1.165) is 18.0 Å². The molecule has 2 aliphatic rings. The monoisotopic (exact) mass is 879 g/mol. The van der Waals surface area contributed by atoms with Gasteiger partial charge in [-0.15, -0.1) is 0 Å². The van der Waals surface area contributed by atoms with Gasteiger partial charge in [0.05, 0.1) is 27.7 Å². The topological polar surface area (TPSA) is 100 Å². The van der Waals surface area contributed by atoms with Crippen LogP contribution in [0, 0.1) is 36.3 Å². The molecule has 2 aromatic carbocycles. The van der Waals surface area contributed by atoms with Crippen LogP contribution in [0.15, 0.2) is 54.9 Å². The van der Waals surface area contributed by atoms with Crippen molar-refractivity contribution in [2.24, 2.45) is 13.0 Å². The molecule has 17 heteroatoms. The Bertz CT molecular complexity index is 2920. The van der Waals surface area contributed by atoms with Crippen molar-refractivity contribution in [1.29, 1.82) is 0 Å². The maximum Gasteiger partial charge on any atom is 0.293 e. The van der Waals surface area contributed by atoms with Crippen LogP contribution in [-0.2, 0) is 51.5 Å². The maximum atomic E-state index is 15.5. The molecule has 1 fully saturated rings. The molecule has 4 aromatic heterocycles. The molecule has 61 heavy (non-hydrogen) atoms. The van der Waals surface area contributed by atoms with Crippen LogP contribution in [0.25, 0.3) is 22.0 Å². The number of pyridine rings is 1. The van der Waals surface area contributed by atoms with Crippen molar-refractivity contribution in [3.63, 3.8) is 0 Å². The third kappa shape index (κ3) is 7.98. The fraction of sp³-hybridized carbons (Fsp3) is 0.364. The number of imidazole rings is 1. The van der Waals surface area contributed by atoms with Gasteiger partial charge in [-0.1, -0.05) is 23.6 Å². The molecule has 4 atom stereocenters. The van der Waals surface area contributed by atoms with Gasteiger partial charge in [-0.3, -0.25) is 18.4 Å². The standard InChI is InChI=1S/C44H40ClF6N7O2S/c1-23-52-13-14-57(23)43(2,3)12-11-28-7-8-30(31-9-10-34(45)37-35(22-61(5,6)60)54-56(4)40(31)37)38(53-28)25(15-24-16-26(46)19-27(47)17-24)18-29(59)21-58-41-36(39(55-58)42(48)49)32-20-33(32)44(41,50)51/h7-10,13-14,16-17,19,25,32-33,42H,5,15,18,20-22H2,1-4,6H3/t25-,32+,33-,61?/m1/s1. The van der Waals surface area contributed by atoms with Crippen molar-refractivity contribution in [3.05, 3.63) is 117 Å². The minimum absolute atomic E-state index is 0.0204. The van der Waals surface area contributed by atoms with E-state index in [4.69, 9.17) is 16.6 Å². The average Bonchev–Trinajstić information content (AvgIpc) is 3.37. The van der Waals surface area contributed by atoms with Crippen molar-refractivity contribution in [2.75, 3.05) is 6.26 Å². The Labute approximate surface area is 353 Å². The number of carbonyl (C=O) groups excluding carboxylic acids is 1. The van der Waals surface area contributed by atoms with Crippen molar-refractivity contribution in [2.45, 2.75) is 82.1 Å².